The minimum atomic E-state index is -2.63. The van der Waals surface area contributed by atoms with Gasteiger partial charge in [-0.2, -0.15) is 5.10 Å². The molecule has 1 aromatic carbocycles. The molecule has 43 heavy (non-hydrogen) atoms. The number of hydrogen-bond acceptors (Lipinski definition) is 6. The summed E-state index contributed by atoms with van der Waals surface area (Å²) in [6, 6.07) is 8.55. The summed E-state index contributed by atoms with van der Waals surface area (Å²) < 4.78 is 29.7. The molecule has 0 radical (unpaired) electrons. The zero-order valence-corrected chi connectivity index (χ0v) is 24.1. The lowest BCUT2D eigenvalue weighted by Gasteiger charge is -2.34. The first kappa shape index (κ1) is 28.7. The van der Waals surface area contributed by atoms with Gasteiger partial charge in [-0.3, -0.25) is 19.3 Å². The minimum absolute atomic E-state index is 0.177. The average molecular weight is 607 g/mol. The first-order valence-corrected chi connectivity index (χ1v) is 14.4. The Hall–Kier alpha value is -4.45. The number of nitrogens with one attached hydrogen (secondary N) is 1. The fraction of sp³-hybridized carbons (Fsp3) is 0.333. The second kappa shape index (κ2) is 12.0. The van der Waals surface area contributed by atoms with Crippen LogP contribution in [0.25, 0.3) is 22.5 Å². The van der Waals surface area contributed by atoms with Gasteiger partial charge in [-0.1, -0.05) is 30.2 Å². The normalized spacial score (nSPS) is 19.4. The van der Waals surface area contributed by atoms with Crippen LogP contribution >= 0.6 is 11.6 Å². The number of amides is 2. The number of carbonyl (C=O) groups excluding carboxylic acids is 2. The molecule has 0 fully saturated rings. The standard InChI is InChI=1S/C30H29ClF2N8O2/c1-18-3-2-4-26(23-13-20(7-9-34-23)29-24(37-30(18)43)16-36-41(29)17-27(32)33)39-11-8-19(14-28(39)42)22-15-21(31)5-6-25(22)40-12-10-35-38-40/h5-7,9-10,12-16,18,26-27H,2-4,8,11,17H2,1H3,(H,37,43)/t18-,26?/m1/s1. The average Bonchev–Trinajstić information content (AvgIpc) is 3.65. The van der Waals surface area contributed by atoms with E-state index in [0.29, 0.717) is 59.9 Å². The van der Waals surface area contributed by atoms with Crippen LogP contribution in [-0.4, -0.2) is 59.4 Å². The van der Waals surface area contributed by atoms with Crippen molar-refractivity contribution in [1.82, 2.24) is 34.7 Å². The molecule has 10 nitrogen and oxygen atoms in total. The van der Waals surface area contributed by atoms with E-state index in [1.165, 1.54) is 10.9 Å². The van der Waals surface area contributed by atoms with Crippen molar-refractivity contribution < 1.29 is 18.4 Å². The van der Waals surface area contributed by atoms with Gasteiger partial charge in [0.25, 0.3) is 6.43 Å². The summed E-state index contributed by atoms with van der Waals surface area (Å²) in [4.78, 5) is 33.2. The molecule has 222 valence electrons. The van der Waals surface area contributed by atoms with Crippen LogP contribution in [0.3, 0.4) is 0 Å². The van der Waals surface area contributed by atoms with E-state index in [9.17, 15) is 18.4 Å². The number of carbonyl (C=O) groups is 2. The molecule has 0 saturated heterocycles. The molecule has 13 heteroatoms. The maximum absolute atomic E-state index is 13.8. The Kier molecular flexibility index (Phi) is 8.02. The number of nitrogens with zero attached hydrogens (tertiary/aromatic N) is 7. The Balaban J connectivity index is 1.37. The summed E-state index contributed by atoms with van der Waals surface area (Å²) in [7, 11) is 0. The van der Waals surface area contributed by atoms with Gasteiger partial charge >= 0.3 is 0 Å². The minimum Gasteiger partial charge on any atom is -0.330 e. The van der Waals surface area contributed by atoms with Gasteiger partial charge in [-0.05, 0) is 55.2 Å². The van der Waals surface area contributed by atoms with Crippen molar-refractivity contribution in [1.29, 1.82) is 0 Å². The van der Waals surface area contributed by atoms with Crippen molar-refractivity contribution in [2.45, 2.75) is 51.6 Å². The number of rotatable bonds is 5. The molecule has 0 spiro atoms. The summed E-state index contributed by atoms with van der Waals surface area (Å²) in [5, 5.41) is 15.6. The number of alkyl halides is 2. The number of benzene rings is 1. The first-order valence-electron chi connectivity index (χ1n) is 14.1. The van der Waals surface area contributed by atoms with Crippen molar-refractivity contribution >= 4 is 34.7 Å². The van der Waals surface area contributed by atoms with Crippen LogP contribution in [0.15, 0.2) is 61.2 Å². The number of halogens is 3. The molecule has 3 aromatic heterocycles. The third kappa shape index (κ3) is 5.92. The monoisotopic (exact) mass is 606 g/mol. The summed E-state index contributed by atoms with van der Waals surface area (Å²) in [5.41, 5.74) is 4.34. The van der Waals surface area contributed by atoms with E-state index in [0.717, 1.165) is 16.8 Å². The largest absolute Gasteiger partial charge is 0.330 e. The van der Waals surface area contributed by atoms with Crippen LogP contribution < -0.4 is 5.32 Å². The van der Waals surface area contributed by atoms with Gasteiger partial charge in [0.1, 0.15) is 6.54 Å². The van der Waals surface area contributed by atoms with E-state index in [1.54, 1.807) is 52.4 Å². The Morgan fingerprint density at radius 1 is 1.14 bits per heavy atom. The van der Waals surface area contributed by atoms with E-state index in [-0.39, 0.29) is 23.8 Å². The maximum Gasteiger partial charge on any atom is 0.257 e. The van der Waals surface area contributed by atoms with Crippen molar-refractivity contribution in [2.75, 3.05) is 11.9 Å². The highest BCUT2D eigenvalue weighted by atomic mass is 35.5. The topological polar surface area (TPSA) is 111 Å². The third-order valence-corrected chi connectivity index (χ3v) is 8.15. The van der Waals surface area contributed by atoms with Crippen LogP contribution in [0.5, 0.6) is 0 Å². The number of aromatic nitrogens is 6. The van der Waals surface area contributed by atoms with Crippen molar-refractivity contribution in [3.05, 3.63) is 77.5 Å². The van der Waals surface area contributed by atoms with Gasteiger partial charge in [0, 0.05) is 40.9 Å². The second-order valence-electron chi connectivity index (χ2n) is 10.7. The molecule has 2 aliphatic heterocycles. The quantitative estimate of drug-likeness (QED) is 0.318. The highest BCUT2D eigenvalue weighted by Crippen LogP contribution is 2.37. The molecule has 1 N–H and O–H groups in total. The van der Waals surface area contributed by atoms with Crippen molar-refractivity contribution in [2.24, 2.45) is 5.92 Å². The summed E-state index contributed by atoms with van der Waals surface area (Å²) >= 11 is 6.35. The molecule has 2 amide bonds. The van der Waals surface area contributed by atoms with E-state index >= 15 is 0 Å². The summed E-state index contributed by atoms with van der Waals surface area (Å²) in [6.45, 7) is 1.63. The Labute approximate surface area is 251 Å². The molecular formula is C30H29ClF2N8O2. The van der Waals surface area contributed by atoms with E-state index in [1.807, 2.05) is 19.1 Å². The molecule has 1 unspecified atom stereocenters. The van der Waals surface area contributed by atoms with E-state index in [4.69, 9.17) is 11.6 Å². The number of hydrogen-bond donors (Lipinski definition) is 1. The van der Waals surface area contributed by atoms with E-state index < -0.39 is 13.0 Å². The molecule has 0 saturated carbocycles. The Morgan fingerprint density at radius 3 is 2.77 bits per heavy atom. The van der Waals surface area contributed by atoms with Gasteiger partial charge in [-0.15, -0.1) is 5.10 Å². The number of fused-ring (bicyclic) bond motifs is 4. The van der Waals surface area contributed by atoms with Gasteiger partial charge in [0.15, 0.2) is 0 Å². The Morgan fingerprint density at radius 2 is 2.00 bits per heavy atom. The van der Waals surface area contributed by atoms with Crippen LogP contribution in [0, 0.1) is 5.92 Å². The highest BCUT2D eigenvalue weighted by Gasteiger charge is 2.31. The molecule has 2 aliphatic rings. The van der Waals surface area contributed by atoms with Crippen LogP contribution in [0.2, 0.25) is 5.02 Å². The van der Waals surface area contributed by atoms with Crippen molar-refractivity contribution in [3.8, 4) is 16.9 Å². The van der Waals surface area contributed by atoms with Crippen LogP contribution in [0.1, 0.15) is 49.9 Å². The molecule has 5 heterocycles. The summed E-state index contributed by atoms with van der Waals surface area (Å²) in [6.07, 6.45) is 7.70. The smallest absolute Gasteiger partial charge is 0.257 e. The van der Waals surface area contributed by atoms with Gasteiger partial charge in [0.2, 0.25) is 11.8 Å². The van der Waals surface area contributed by atoms with Crippen LogP contribution in [0.4, 0.5) is 14.5 Å². The van der Waals surface area contributed by atoms with Gasteiger partial charge in [-0.25, -0.2) is 13.5 Å². The lowest BCUT2D eigenvalue weighted by atomic mass is 9.93. The maximum atomic E-state index is 13.8. The molecule has 6 rings (SSSR count). The lowest BCUT2D eigenvalue weighted by molar-refractivity contribution is -0.129. The summed E-state index contributed by atoms with van der Waals surface area (Å²) in [5.74, 6) is -0.723. The predicted octanol–water partition coefficient (Wildman–Crippen LogP) is 5.56. The first-order chi connectivity index (χ1) is 20.8. The van der Waals surface area contributed by atoms with Crippen LogP contribution in [-0.2, 0) is 16.1 Å². The SMILES string of the molecule is C[C@@H]1CCCC(N2CCC(c3cc(Cl)ccc3-n3ccnn3)=CC2=O)c2cc(ccn2)-c2c(cnn2CC(F)F)NC1=O. The zero-order chi connectivity index (χ0) is 30.1. The molecule has 4 aromatic rings. The van der Waals surface area contributed by atoms with Gasteiger partial charge < -0.3 is 10.2 Å². The molecule has 2 atom stereocenters. The number of pyridine rings is 1. The fourth-order valence-electron chi connectivity index (χ4n) is 5.78. The molecular weight excluding hydrogens is 578 g/mol. The number of anilines is 1. The fourth-order valence-corrected chi connectivity index (χ4v) is 5.95. The highest BCUT2D eigenvalue weighted by molar-refractivity contribution is 6.30. The van der Waals surface area contributed by atoms with Crippen molar-refractivity contribution in [3.63, 3.8) is 0 Å². The zero-order valence-electron chi connectivity index (χ0n) is 23.3. The Bertz CT molecular complexity index is 1690. The second-order valence-corrected chi connectivity index (χ2v) is 11.2. The molecule has 2 bridgehead atoms. The predicted molar refractivity (Wildman–Crippen MR) is 157 cm³/mol. The molecule has 0 aliphatic carbocycles. The van der Waals surface area contributed by atoms with Gasteiger partial charge in [0.05, 0.1) is 47.4 Å². The van der Waals surface area contributed by atoms with E-state index in [2.05, 4.69) is 25.7 Å². The third-order valence-electron chi connectivity index (χ3n) is 7.92. The lowest BCUT2D eigenvalue weighted by Crippen LogP contribution is -2.38.